The Morgan fingerprint density at radius 3 is 2.78 bits per heavy atom. The van der Waals surface area contributed by atoms with Crippen LogP contribution in [0.3, 0.4) is 0 Å². The second-order valence-corrected chi connectivity index (χ2v) is 6.74. The topological polar surface area (TPSA) is 95.6 Å². The van der Waals surface area contributed by atoms with Crippen LogP contribution in [0.2, 0.25) is 0 Å². The standard InChI is InChI=1S/C16H25N5O2/c1-3-11-9-18-15(17)19-13(11)21-6-4-16(5-7-21)8-12(22)10-20(2)14(16)23/h9,12,22H,3-8,10H2,1-2H3,(H2,17,18,19). The number of carbonyl (C=O) groups is 1. The molecular weight excluding hydrogens is 294 g/mol. The van der Waals surface area contributed by atoms with Crippen LogP contribution in [0, 0.1) is 5.41 Å². The van der Waals surface area contributed by atoms with Crippen molar-refractivity contribution in [2.75, 3.05) is 37.3 Å². The number of likely N-dealkylation sites (tertiary alicyclic amines) is 1. The molecule has 2 fully saturated rings. The van der Waals surface area contributed by atoms with Crippen LogP contribution in [0.5, 0.6) is 0 Å². The lowest BCUT2D eigenvalue weighted by atomic mass is 9.71. The highest BCUT2D eigenvalue weighted by atomic mass is 16.3. The Hall–Kier alpha value is -1.89. The van der Waals surface area contributed by atoms with E-state index in [9.17, 15) is 9.90 Å². The zero-order valence-corrected chi connectivity index (χ0v) is 13.8. The first-order valence-corrected chi connectivity index (χ1v) is 8.25. The van der Waals surface area contributed by atoms with Crippen LogP contribution < -0.4 is 10.6 Å². The number of anilines is 2. The predicted octanol–water partition coefficient (Wildman–Crippen LogP) is 0.431. The number of piperidine rings is 2. The Balaban J connectivity index is 1.78. The Morgan fingerprint density at radius 1 is 1.43 bits per heavy atom. The minimum atomic E-state index is -0.426. The van der Waals surface area contributed by atoms with E-state index >= 15 is 0 Å². The van der Waals surface area contributed by atoms with Crippen molar-refractivity contribution in [1.82, 2.24) is 14.9 Å². The Bertz CT molecular complexity index is 598. The van der Waals surface area contributed by atoms with Gasteiger partial charge in [0.1, 0.15) is 5.82 Å². The van der Waals surface area contributed by atoms with Gasteiger partial charge in [0.05, 0.1) is 11.5 Å². The van der Waals surface area contributed by atoms with Gasteiger partial charge in [-0.2, -0.15) is 4.98 Å². The van der Waals surface area contributed by atoms with E-state index in [1.54, 1.807) is 18.1 Å². The fourth-order valence-corrected chi connectivity index (χ4v) is 3.91. The summed E-state index contributed by atoms with van der Waals surface area (Å²) in [7, 11) is 1.78. The quantitative estimate of drug-likeness (QED) is 0.821. The molecule has 1 aromatic heterocycles. The molecule has 23 heavy (non-hydrogen) atoms. The molecule has 2 aliphatic rings. The Morgan fingerprint density at radius 2 is 2.13 bits per heavy atom. The molecule has 1 unspecified atom stereocenters. The SMILES string of the molecule is CCc1cnc(N)nc1N1CCC2(CC1)CC(O)CN(C)C2=O. The lowest BCUT2D eigenvalue weighted by Gasteiger charge is -2.47. The van der Waals surface area contributed by atoms with Crippen molar-refractivity contribution in [3.8, 4) is 0 Å². The van der Waals surface area contributed by atoms with Gasteiger partial charge in [0.25, 0.3) is 0 Å². The summed E-state index contributed by atoms with van der Waals surface area (Å²) in [6.45, 7) is 4.00. The van der Waals surface area contributed by atoms with Gasteiger partial charge in [-0.1, -0.05) is 6.92 Å². The van der Waals surface area contributed by atoms with Crippen LogP contribution in [-0.2, 0) is 11.2 Å². The number of rotatable bonds is 2. The second-order valence-electron chi connectivity index (χ2n) is 6.74. The largest absolute Gasteiger partial charge is 0.391 e. The second kappa shape index (κ2) is 5.96. The molecule has 2 aliphatic heterocycles. The van der Waals surface area contributed by atoms with E-state index in [0.29, 0.717) is 13.0 Å². The minimum absolute atomic E-state index is 0.167. The highest BCUT2D eigenvalue weighted by Crippen LogP contribution is 2.41. The average molecular weight is 319 g/mol. The van der Waals surface area contributed by atoms with Crippen LogP contribution in [0.15, 0.2) is 6.20 Å². The molecule has 0 bridgehead atoms. The van der Waals surface area contributed by atoms with Crippen molar-refractivity contribution in [2.45, 2.75) is 38.7 Å². The van der Waals surface area contributed by atoms with Crippen molar-refractivity contribution in [1.29, 1.82) is 0 Å². The van der Waals surface area contributed by atoms with Gasteiger partial charge in [0.2, 0.25) is 11.9 Å². The number of carbonyl (C=O) groups excluding carboxylic acids is 1. The van der Waals surface area contributed by atoms with E-state index in [1.165, 1.54) is 0 Å². The van der Waals surface area contributed by atoms with E-state index < -0.39 is 11.5 Å². The third-order valence-corrected chi connectivity index (χ3v) is 5.17. The molecule has 0 aliphatic carbocycles. The Labute approximate surface area is 136 Å². The van der Waals surface area contributed by atoms with Gasteiger partial charge in [-0.3, -0.25) is 4.79 Å². The number of hydrogen-bond donors (Lipinski definition) is 2. The van der Waals surface area contributed by atoms with Gasteiger partial charge >= 0.3 is 0 Å². The number of nitrogens with two attached hydrogens (primary N) is 1. The fraction of sp³-hybridized carbons (Fsp3) is 0.688. The van der Waals surface area contributed by atoms with Gasteiger partial charge in [0, 0.05) is 38.4 Å². The monoisotopic (exact) mass is 319 g/mol. The number of likely N-dealkylation sites (N-methyl/N-ethyl adjacent to an activating group) is 1. The van der Waals surface area contributed by atoms with Crippen molar-refractivity contribution in [3.63, 3.8) is 0 Å². The highest BCUT2D eigenvalue weighted by molar-refractivity contribution is 5.84. The third kappa shape index (κ3) is 2.85. The molecule has 7 nitrogen and oxygen atoms in total. The molecule has 1 amide bonds. The van der Waals surface area contributed by atoms with Crippen molar-refractivity contribution in [3.05, 3.63) is 11.8 Å². The van der Waals surface area contributed by atoms with Gasteiger partial charge in [-0.25, -0.2) is 4.98 Å². The average Bonchev–Trinajstić information content (AvgIpc) is 2.53. The summed E-state index contributed by atoms with van der Waals surface area (Å²) in [5.41, 5.74) is 6.39. The van der Waals surface area contributed by atoms with Crippen LogP contribution in [-0.4, -0.2) is 58.7 Å². The molecule has 0 saturated carbocycles. The van der Waals surface area contributed by atoms with Gasteiger partial charge < -0.3 is 20.6 Å². The zero-order valence-electron chi connectivity index (χ0n) is 13.8. The number of amides is 1. The molecular formula is C16H25N5O2. The smallest absolute Gasteiger partial charge is 0.228 e. The van der Waals surface area contributed by atoms with Crippen molar-refractivity contribution < 1.29 is 9.90 Å². The van der Waals surface area contributed by atoms with E-state index in [4.69, 9.17) is 5.73 Å². The van der Waals surface area contributed by atoms with Gasteiger partial charge in [0.15, 0.2) is 0 Å². The van der Waals surface area contributed by atoms with E-state index in [1.807, 2.05) is 0 Å². The lowest BCUT2D eigenvalue weighted by molar-refractivity contribution is -0.152. The summed E-state index contributed by atoms with van der Waals surface area (Å²) < 4.78 is 0. The molecule has 3 rings (SSSR count). The summed E-state index contributed by atoms with van der Waals surface area (Å²) in [6.07, 6.45) is 4.24. The summed E-state index contributed by atoms with van der Waals surface area (Å²) >= 11 is 0. The van der Waals surface area contributed by atoms with Crippen LogP contribution in [0.4, 0.5) is 11.8 Å². The molecule has 1 aromatic rings. The molecule has 1 atom stereocenters. The van der Waals surface area contributed by atoms with Crippen molar-refractivity contribution in [2.24, 2.45) is 5.41 Å². The van der Waals surface area contributed by atoms with Gasteiger partial charge in [-0.05, 0) is 25.7 Å². The molecule has 126 valence electrons. The normalized spacial score (nSPS) is 24.3. The highest BCUT2D eigenvalue weighted by Gasteiger charge is 2.47. The van der Waals surface area contributed by atoms with Crippen LogP contribution in [0.25, 0.3) is 0 Å². The number of aryl methyl sites for hydroxylation is 1. The van der Waals surface area contributed by atoms with Crippen LogP contribution in [0.1, 0.15) is 31.7 Å². The fourth-order valence-electron chi connectivity index (χ4n) is 3.91. The number of β-amino-alcohol motifs (C(OH)–C–C–N with tert-alkyl or cyclic N) is 1. The van der Waals surface area contributed by atoms with Gasteiger partial charge in [-0.15, -0.1) is 0 Å². The third-order valence-electron chi connectivity index (χ3n) is 5.17. The lowest BCUT2D eigenvalue weighted by Crippen LogP contribution is -2.56. The summed E-state index contributed by atoms with van der Waals surface area (Å²) in [5, 5.41) is 10.1. The summed E-state index contributed by atoms with van der Waals surface area (Å²) in [5.74, 6) is 1.33. The summed E-state index contributed by atoms with van der Waals surface area (Å²) in [4.78, 5) is 24.9. The predicted molar refractivity (Wildman–Crippen MR) is 88.0 cm³/mol. The van der Waals surface area contributed by atoms with E-state index in [0.717, 1.165) is 43.7 Å². The number of nitrogen functional groups attached to an aromatic ring is 1. The van der Waals surface area contributed by atoms with Crippen LogP contribution >= 0.6 is 0 Å². The number of nitrogens with zero attached hydrogens (tertiary/aromatic N) is 4. The molecule has 3 heterocycles. The maximum Gasteiger partial charge on any atom is 0.228 e. The number of aliphatic hydroxyl groups excluding tert-OH is 1. The molecule has 1 spiro atoms. The molecule has 0 aromatic carbocycles. The maximum absolute atomic E-state index is 12.6. The first kappa shape index (κ1) is 16.0. The minimum Gasteiger partial charge on any atom is -0.391 e. The zero-order chi connectivity index (χ0) is 16.6. The first-order chi connectivity index (χ1) is 10.9. The van der Waals surface area contributed by atoms with E-state index in [2.05, 4.69) is 21.8 Å². The molecule has 0 radical (unpaired) electrons. The number of aromatic nitrogens is 2. The maximum atomic E-state index is 12.6. The molecule has 3 N–H and O–H groups in total. The Kier molecular flexibility index (Phi) is 4.14. The summed E-state index contributed by atoms with van der Waals surface area (Å²) in [6, 6.07) is 0. The molecule has 2 saturated heterocycles. The number of hydrogen-bond acceptors (Lipinski definition) is 6. The number of aliphatic hydroxyl groups is 1. The van der Waals surface area contributed by atoms with E-state index in [-0.39, 0.29) is 11.9 Å². The van der Waals surface area contributed by atoms with Crippen molar-refractivity contribution >= 4 is 17.7 Å². The first-order valence-electron chi connectivity index (χ1n) is 8.25. The molecule has 7 heteroatoms.